The molecule has 0 spiro atoms. The molecule has 0 saturated carbocycles. The Kier molecular flexibility index (Phi) is 11.6. The zero-order valence-corrected chi connectivity index (χ0v) is 32.2. The number of rotatable bonds is 10. The molecule has 0 aliphatic carbocycles. The second-order valence-corrected chi connectivity index (χ2v) is 13.5. The molecule has 14 nitrogen and oxygen atoms in total. The monoisotopic (exact) mass is 870 g/mol. The first-order chi connectivity index (χ1) is 26.2. The summed E-state index contributed by atoms with van der Waals surface area (Å²) in [5, 5.41) is 28.0. The van der Waals surface area contributed by atoms with Gasteiger partial charge in [0.15, 0.2) is 12.6 Å². The number of aliphatic hydroxyl groups is 1. The zero-order chi connectivity index (χ0) is 37.9. The third-order valence-corrected chi connectivity index (χ3v) is 10.4. The van der Waals surface area contributed by atoms with Gasteiger partial charge in [0.25, 0.3) is 0 Å². The Morgan fingerprint density at radius 3 is 1.83 bits per heavy atom. The van der Waals surface area contributed by atoms with Crippen molar-refractivity contribution in [3.05, 3.63) is 128 Å². The number of nitrogens with zero attached hydrogens (tertiary/aromatic N) is 8. The molecule has 2 aromatic carbocycles. The van der Waals surface area contributed by atoms with Crippen LogP contribution in [0.4, 0.5) is 8.78 Å². The van der Waals surface area contributed by atoms with Gasteiger partial charge in [-0.1, -0.05) is 0 Å². The zero-order valence-electron chi connectivity index (χ0n) is 29.0. The molecule has 6 aromatic rings. The minimum atomic E-state index is -0.967. The summed E-state index contributed by atoms with van der Waals surface area (Å²) in [6.45, 7) is 6.93. The number of carbonyl (C=O) groups is 1. The van der Waals surface area contributed by atoms with E-state index < -0.39 is 30.3 Å². The lowest BCUT2D eigenvalue weighted by atomic mass is 10.1. The van der Waals surface area contributed by atoms with E-state index in [4.69, 9.17) is 18.9 Å². The maximum atomic E-state index is 13.9. The molecule has 0 radical (unpaired) electrons. The Balaban J connectivity index is 0.000000167. The van der Waals surface area contributed by atoms with Crippen LogP contribution in [0.25, 0.3) is 11.4 Å². The number of ketones is 1. The van der Waals surface area contributed by atoms with E-state index in [0.717, 1.165) is 0 Å². The molecule has 1 unspecified atom stereocenters. The molecule has 4 aromatic heterocycles. The van der Waals surface area contributed by atoms with E-state index in [1.165, 1.54) is 41.3 Å². The number of aromatic nitrogens is 8. The summed E-state index contributed by atoms with van der Waals surface area (Å²) < 4.78 is 57.6. The number of aryl methyl sites for hydroxylation is 2. The average molecular weight is 873 g/mol. The van der Waals surface area contributed by atoms with Crippen LogP contribution in [0, 0.1) is 11.6 Å². The SMILES string of the molecule is CCn1ncc(C(=O)c2ccnn2-c2ccc(F)cc2C2OCCO2)c1Br.CCn1ncc(C(O)c2ccnn2-c2ccc(F)cc2C2OCCO2)c1Br. The van der Waals surface area contributed by atoms with Crippen LogP contribution in [0.5, 0.6) is 0 Å². The maximum Gasteiger partial charge on any atom is 0.215 e. The lowest BCUT2D eigenvalue weighted by molar-refractivity contribution is -0.0445. The molecule has 6 heterocycles. The fourth-order valence-electron chi connectivity index (χ4n) is 6.11. The van der Waals surface area contributed by atoms with Crippen molar-refractivity contribution in [1.29, 1.82) is 0 Å². The highest BCUT2D eigenvalue weighted by Crippen LogP contribution is 2.34. The van der Waals surface area contributed by atoms with Gasteiger partial charge in [-0.3, -0.25) is 14.2 Å². The highest BCUT2D eigenvalue weighted by atomic mass is 79.9. The average Bonchev–Trinajstić information content (AvgIpc) is 4.03. The molecule has 2 aliphatic rings. The maximum absolute atomic E-state index is 13.9. The van der Waals surface area contributed by atoms with Crippen LogP contribution in [0.15, 0.2) is 82.5 Å². The van der Waals surface area contributed by atoms with Crippen LogP contribution >= 0.6 is 31.9 Å². The number of aliphatic hydroxyl groups excluding tert-OH is 1. The Morgan fingerprint density at radius 2 is 1.28 bits per heavy atom. The molecule has 2 fully saturated rings. The summed E-state index contributed by atoms with van der Waals surface area (Å²) in [7, 11) is 0. The minimum Gasteiger partial charge on any atom is -0.382 e. The topological polar surface area (TPSA) is 145 Å². The van der Waals surface area contributed by atoms with Crippen molar-refractivity contribution in [3.63, 3.8) is 0 Å². The van der Waals surface area contributed by atoms with Crippen LogP contribution in [0.3, 0.4) is 0 Å². The van der Waals surface area contributed by atoms with Gasteiger partial charge in [-0.05, 0) is 94.2 Å². The normalized spacial score (nSPS) is 15.5. The number of carbonyl (C=O) groups excluding carboxylic acids is 1. The van der Waals surface area contributed by atoms with Crippen LogP contribution < -0.4 is 0 Å². The van der Waals surface area contributed by atoms with Gasteiger partial charge in [-0.15, -0.1) is 0 Å². The highest BCUT2D eigenvalue weighted by Gasteiger charge is 2.28. The van der Waals surface area contributed by atoms with Crippen LogP contribution in [-0.2, 0) is 32.0 Å². The first-order valence-corrected chi connectivity index (χ1v) is 18.6. The van der Waals surface area contributed by atoms with E-state index in [0.29, 0.717) is 93.7 Å². The van der Waals surface area contributed by atoms with Gasteiger partial charge in [-0.2, -0.15) is 20.4 Å². The molecule has 1 N–H and O–H groups in total. The molecule has 8 rings (SSSR count). The number of halogens is 4. The molecule has 54 heavy (non-hydrogen) atoms. The predicted octanol–water partition coefficient (Wildman–Crippen LogP) is 6.38. The van der Waals surface area contributed by atoms with Gasteiger partial charge in [0.2, 0.25) is 5.78 Å². The van der Waals surface area contributed by atoms with Crippen molar-refractivity contribution < 1.29 is 37.6 Å². The predicted molar refractivity (Wildman–Crippen MR) is 195 cm³/mol. The van der Waals surface area contributed by atoms with Crippen LogP contribution in [0.2, 0.25) is 0 Å². The van der Waals surface area contributed by atoms with Gasteiger partial charge in [-0.25, -0.2) is 18.1 Å². The van der Waals surface area contributed by atoms with Crippen molar-refractivity contribution in [2.75, 3.05) is 26.4 Å². The van der Waals surface area contributed by atoms with Gasteiger partial charge < -0.3 is 24.1 Å². The summed E-state index contributed by atoms with van der Waals surface area (Å²) in [6.07, 6.45) is 3.91. The third-order valence-electron chi connectivity index (χ3n) is 8.73. The number of hydrogen-bond donors (Lipinski definition) is 1. The second kappa shape index (κ2) is 16.5. The Hall–Kier alpha value is -4.43. The molecule has 2 aliphatic heterocycles. The molecule has 0 amide bonds. The van der Waals surface area contributed by atoms with E-state index in [9.17, 15) is 18.7 Å². The molecule has 0 bridgehead atoms. The largest absolute Gasteiger partial charge is 0.382 e. The number of hydrogen-bond acceptors (Lipinski definition) is 10. The molecular formula is C36H34Br2F2N8O6. The van der Waals surface area contributed by atoms with E-state index in [1.807, 2.05) is 13.8 Å². The number of ether oxygens (including phenoxy) is 4. The second-order valence-electron chi connectivity index (χ2n) is 12.0. The fraction of sp³-hybridized carbons (Fsp3) is 0.306. The first-order valence-electron chi connectivity index (χ1n) is 17.0. The number of benzene rings is 2. The van der Waals surface area contributed by atoms with E-state index in [1.54, 1.807) is 50.7 Å². The van der Waals surface area contributed by atoms with Crippen molar-refractivity contribution >= 4 is 37.6 Å². The van der Waals surface area contributed by atoms with E-state index in [2.05, 4.69) is 52.3 Å². The summed E-state index contributed by atoms with van der Waals surface area (Å²) in [5.41, 5.74) is 4.01. The summed E-state index contributed by atoms with van der Waals surface area (Å²) in [4.78, 5) is 13.1. The molecule has 1 atom stereocenters. The smallest absolute Gasteiger partial charge is 0.215 e. The van der Waals surface area contributed by atoms with Gasteiger partial charge in [0.05, 0.1) is 67.7 Å². The van der Waals surface area contributed by atoms with Crippen LogP contribution in [0.1, 0.15) is 71.0 Å². The lowest BCUT2D eigenvalue weighted by Gasteiger charge is -2.18. The van der Waals surface area contributed by atoms with Gasteiger partial charge in [0.1, 0.15) is 32.6 Å². The fourth-order valence-corrected chi connectivity index (χ4v) is 7.39. The van der Waals surface area contributed by atoms with E-state index >= 15 is 0 Å². The third kappa shape index (κ3) is 7.46. The molecule has 2 saturated heterocycles. The summed E-state index contributed by atoms with van der Waals surface area (Å²) >= 11 is 6.89. The van der Waals surface area contributed by atoms with Crippen LogP contribution in [-0.4, -0.2) is 76.4 Å². The van der Waals surface area contributed by atoms with Gasteiger partial charge >= 0.3 is 0 Å². The van der Waals surface area contributed by atoms with Crippen molar-refractivity contribution in [3.8, 4) is 11.4 Å². The standard InChI is InChI=1S/C18H18BrFN4O3.C18H16BrFN4O3/c2*1-2-23-17(19)13(10-22-23)16(25)15-5-6-21-24(15)14-4-3-11(20)9-12(14)18-26-7-8-27-18/h3-6,9-10,16,18,25H,2,7-8H2,1H3;3-6,9-10,18H,2,7-8H2,1H3. The Labute approximate surface area is 324 Å². The van der Waals surface area contributed by atoms with Crippen molar-refractivity contribution in [1.82, 2.24) is 39.1 Å². The quantitative estimate of drug-likeness (QED) is 0.154. The van der Waals surface area contributed by atoms with Crippen molar-refractivity contribution in [2.24, 2.45) is 0 Å². The first kappa shape index (κ1) is 37.9. The molecule has 282 valence electrons. The minimum absolute atomic E-state index is 0.248. The van der Waals surface area contributed by atoms with Gasteiger partial charge in [0, 0.05) is 36.0 Å². The molecular weight excluding hydrogens is 838 g/mol. The van der Waals surface area contributed by atoms with Crippen molar-refractivity contribution in [2.45, 2.75) is 45.6 Å². The Bertz CT molecular complexity index is 2260. The van der Waals surface area contributed by atoms with E-state index in [-0.39, 0.29) is 5.78 Å². The lowest BCUT2D eigenvalue weighted by Crippen LogP contribution is -2.14. The summed E-state index contributed by atoms with van der Waals surface area (Å²) in [6, 6.07) is 11.9. The Morgan fingerprint density at radius 1 is 0.759 bits per heavy atom. The highest BCUT2D eigenvalue weighted by molar-refractivity contribution is 9.10. The molecule has 18 heteroatoms. The summed E-state index contributed by atoms with van der Waals surface area (Å²) in [5.74, 6) is -1.06.